The summed E-state index contributed by atoms with van der Waals surface area (Å²) in [4.78, 5) is 0. The Labute approximate surface area is 174 Å². The summed E-state index contributed by atoms with van der Waals surface area (Å²) in [5.41, 5.74) is 4.98. The summed E-state index contributed by atoms with van der Waals surface area (Å²) in [5.74, 6) is 0.810. The van der Waals surface area contributed by atoms with Crippen LogP contribution in [0.15, 0.2) is 58.1 Å². The highest BCUT2D eigenvalue weighted by Crippen LogP contribution is 2.17. The third-order valence-corrected chi connectivity index (χ3v) is 5.23. The maximum atomic E-state index is 5.87. The second-order valence-electron chi connectivity index (χ2n) is 6.67. The van der Waals surface area contributed by atoms with E-state index in [1.807, 2.05) is 48.5 Å². The Kier molecular flexibility index (Phi) is 7.66. The average molecular weight is 446 g/mol. The normalized spacial score (nSPS) is 14.9. The van der Waals surface area contributed by atoms with Crippen molar-refractivity contribution in [3.05, 3.63) is 64.1 Å². The molecule has 0 aliphatic heterocycles. The molecule has 0 spiro atoms. The van der Waals surface area contributed by atoms with Crippen molar-refractivity contribution in [1.29, 1.82) is 0 Å². The van der Waals surface area contributed by atoms with Gasteiger partial charge in [0.05, 0.1) is 6.21 Å². The first kappa shape index (κ1) is 19.8. The van der Waals surface area contributed by atoms with Crippen LogP contribution in [0.5, 0.6) is 5.75 Å². The van der Waals surface area contributed by atoms with E-state index in [2.05, 4.69) is 31.8 Å². The zero-order valence-corrected chi connectivity index (χ0v) is 17.6. The number of thiocarbonyl (C=S) groups is 1. The van der Waals surface area contributed by atoms with Crippen LogP contribution in [0.4, 0.5) is 0 Å². The standard InChI is InChI=1S/C21H24BrN3OS/c22-18-11-9-16(10-12-18)15-26-20-8-4-5-17(13-20)14-23-25-21(27)24-19-6-2-1-3-7-19/h4-5,8-14,19H,1-3,6-7,15H2,(H2,24,25,27)/b23-14+. The van der Waals surface area contributed by atoms with E-state index in [0.29, 0.717) is 17.8 Å². The van der Waals surface area contributed by atoms with Crippen LogP contribution >= 0.6 is 28.1 Å². The van der Waals surface area contributed by atoms with Gasteiger partial charge in [-0.25, -0.2) is 0 Å². The van der Waals surface area contributed by atoms with Gasteiger partial charge in [-0.3, -0.25) is 5.43 Å². The predicted octanol–water partition coefficient (Wildman–Crippen LogP) is 5.16. The van der Waals surface area contributed by atoms with Gasteiger partial charge in [-0.05, 0) is 60.5 Å². The maximum Gasteiger partial charge on any atom is 0.187 e. The van der Waals surface area contributed by atoms with E-state index in [4.69, 9.17) is 17.0 Å². The molecule has 0 aromatic heterocycles. The van der Waals surface area contributed by atoms with Crippen molar-refractivity contribution >= 4 is 39.5 Å². The minimum absolute atomic E-state index is 0.476. The highest BCUT2D eigenvalue weighted by Gasteiger charge is 2.13. The topological polar surface area (TPSA) is 45.7 Å². The highest BCUT2D eigenvalue weighted by molar-refractivity contribution is 9.10. The minimum Gasteiger partial charge on any atom is -0.489 e. The molecule has 1 saturated carbocycles. The first-order chi connectivity index (χ1) is 13.2. The SMILES string of the molecule is S=C(N/N=C/c1cccc(OCc2ccc(Br)cc2)c1)NC1CCCCC1. The summed E-state index contributed by atoms with van der Waals surface area (Å²) in [7, 11) is 0. The quantitative estimate of drug-likeness (QED) is 0.366. The molecule has 6 heteroatoms. The van der Waals surface area contributed by atoms with Crippen LogP contribution < -0.4 is 15.5 Å². The molecule has 0 heterocycles. The van der Waals surface area contributed by atoms with Gasteiger partial charge in [0.25, 0.3) is 0 Å². The molecule has 27 heavy (non-hydrogen) atoms. The van der Waals surface area contributed by atoms with Crippen molar-refractivity contribution in [2.45, 2.75) is 44.8 Å². The molecule has 1 fully saturated rings. The molecule has 142 valence electrons. The molecule has 1 aliphatic rings. The van der Waals surface area contributed by atoms with Gasteiger partial charge >= 0.3 is 0 Å². The van der Waals surface area contributed by atoms with Crippen molar-refractivity contribution in [2.75, 3.05) is 0 Å². The third-order valence-electron chi connectivity index (χ3n) is 4.50. The van der Waals surface area contributed by atoms with Crippen LogP contribution in [0, 0.1) is 0 Å². The molecule has 0 saturated heterocycles. The number of rotatable bonds is 6. The number of hydrazone groups is 1. The Balaban J connectivity index is 1.47. The number of nitrogens with one attached hydrogen (secondary N) is 2. The molecule has 0 unspecified atom stereocenters. The number of hydrogen-bond donors (Lipinski definition) is 2. The lowest BCUT2D eigenvalue weighted by Crippen LogP contribution is -2.40. The lowest BCUT2D eigenvalue weighted by Gasteiger charge is -2.23. The number of halogens is 1. The third kappa shape index (κ3) is 6.96. The number of nitrogens with zero attached hydrogens (tertiary/aromatic N) is 1. The van der Waals surface area contributed by atoms with Crippen LogP contribution in [-0.2, 0) is 6.61 Å². The van der Waals surface area contributed by atoms with Gasteiger partial charge in [0.15, 0.2) is 5.11 Å². The molecule has 0 atom stereocenters. The zero-order chi connectivity index (χ0) is 18.9. The summed E-state index contributed by atoms with van der Waals surface area (Å²) in [6.07, 6.45) is 8.00. The summed E-state index contributed by atoms with van der Waals surface area (Å²) in [6.45, 7) is 0.529. The van der Waals surface area contributed by atoms with Crippen LogP contribution in [-0.4, -0.2) is 17.4 Å². The Bertz CT molecular complexity index is 773. The van der Waals surface area contributed by atoms with Crippen molar-refractivity contribution < 1.29 is 4.74 Å². The van der Waals surface area contributed by atoms with Crippen molar-refractivity contribution in [3.63, 3.8) is 0 Å². The van der Waals surface area contributed by atoms with Gasteiger partial charge in [-0.1, -0.05) is 59.5 Å². The van der Waals surface area contributed by atoms with E-state index in [9.17, 15) is 0 Å². The number of hydrogen-bond acceptors (Lipinski definition) is 3. The van der Waals surface area contributed by atoms with Gasteiger partial charge in [0, 0.05) is 10.5 Å². The summed E-state index contributed by atoms with van der Waals surface area (Å²) in [6, 6.07) is 16.4. The summed E-state index contributed by atoms with van der Waals surface area (Å²) in [5, 5.41) is 8.16. The van der Waals surface area contributed by atoms with Gasteiger partial charge in [0.1, 0.15) is 12.4 Å². The predicted molar refractivity (Wildman–Crippen MR) is 118 cm³/mol. The molecule has 3 rings (SSSR count). The van der Waals surface area contributed by atoms with Crippen molar-refractivity contribution in [1.82, 2.24) is 10.7 Å². The number of benzene rings is 2. The monoisotopic (exact) mass is 445 g/mol. The Morgan fingerprint density at radius 3 is 2.70 bits per heavy atom. The molecule has 2 N–H and O–H groups in total. The lowest BCUT2D eigenvalue weighted by atomic mass is 9.96. The zero-order valence-electron chi connectivity index (χ0n) is 15.2. The average Bonchev–Trinajstić information content (AvgIpc) is 2.69. The van der Waals surface area contributed by atoms with Crippen molar-refractivity contribution in [3.8, 4) is 5.75 Å². The second-order valence-corrected chi connectivity index (χ2v) is 7.99. The Morgan fingerprint density at radius 1 is 1.15 bits per heavy atom. The van der Waals surface area contributed by atoms with Gasteiger partial charge < -0.3 is 10.1 Å². The van der Waals surface area contributed by atoms with Crippen LogP contribution in [0.25, 0.3) is 0 Å². The van der Waals surface area contributed by atoms with Gasteiger partial charge in [-0.15, -0.1) is 0 Å². The van der Waals surface area contributed by atoms with E-state index in [-0.39, 0.29) is 0 Å². The van der Waals surface area contributed by atoms with E-state index < -0.39 is 0 Å². The molecular weight excluding hydrogens is 422 g/mol. The highest BCUT2D eigenvalue weighted by atomic mass is 79.9. The largest absolute Gasteiger partial charge is 0.489 e. The summed E-state index contributed by atoms with van der Waals surface area (Å²) >= 11 is 8.75. The Morgan fingerprint density at radius 2 is 1.93 bits per heavy atom. The minimum atomic E-state index is 0.476. The van der Waals surface area contributed by atoms with Crippen LogP contribution in [0.2, 0.25) is 0 Å². The van der Waals surface area contributed by atoms with Crippen molar-refractivity contribution in [2.24, 2.45) is 5.10 Å². The second kappa shape index (κ2) is 10.4. The molecule has 0 amide bonds. The first-order valence-corrected chi connectivity index (χ1v) is 10.5. The molecule has 0 radical (unpaired) electrons. The van der Waals surface area contributed by atoms with Gasteiger partial charge in [0.2, 0.25) is 0 Å². The van der Waals surface area contributed by atoms with E-state index in [1.165, 1.54) is 32.1 Å². The summed E-state index contributed by atoms with van der Waals surface area (Å²) < 4.78 is 6.93. The molecule has 1 aliphatic carbocycles. The van der Waals surface area contributed by atoms with E-state index in [0.717, 1.165) is 21.3 Å². The Hall–Kier alpha value is -1.92. The lowest BCUT2D eigenvalue weighted by molar-refractivity contribution is 0.306. The van der Waals surface area contributed by atoms with Crippen LogP contribution in [0.3, 0.4) is 0 Å². The fourth-order valence-electron chi connectivity index (χ4n) is 3.06. The smallest absolute Gasteiger partial charge is 0.187 e. The fraction of sp³-hybridized carbons (Fsp3) is 0.333. The molecular formula is C21H24BrN3OS. The van der Waals surface area contributed by atoms with Crippen LogP contribution in [0.1, 0.15) is 43.2 Å². The molecule has 2 aromatic carbocycles. The fourth-order valence-corrected chi connectivity index (χ4v) is 3.55. The van der Waals surface area contributed by atoms with E-state index in [1.54, 1.807) is 6.21 Å². The molecule has 0 bridgehead atoms. The number of ether oxygens (including phenoxy) is 1. The van der Waals surface area contributed by atoms with E-state index >= 15 is 0 Å². The van der Waals surface area contributed by atoms with Gasteiger partial charge in [-0.2, -0.15) is 5.10 Å². The maximum absolute atomic E-state index is 5.87. The molecule has 4 nitrogen and oxygen atoms in total. The molecule has 2 aromatic rings. The first-order valence-electron chi connectivity index (χ1n) is 9.26.